The first-order valence-corrected chi connectivity index (χ1v) is 10.7. The highest BCUT2D eigenvalue weighted by Gasteiger charge is 2.30. The Kier molecular flexibility index (Phi) is 8.91. The van der Waals surface area contributed by atoms with Gasteiger partial charge in [0.15, 0.2) is 0 Å². The Hall–Kier alpha value is -2.80. The van der Waals surface area contributed by atoms with E-state index in [1.165, 1.54) is 4.90 Å². The highest BCUT2D eigenvalue weighted by Crippen LogP contribution is 2.36. The molecular formula is C16H24N4O8S. The van der Waals surface area contributed by atoms with Crippen molar-refractivity contribution in [3.8, 4) is 0 Å². The lowest BCUT2D eigenvalue weighted by Crippen LogP contribution is -2.33. The average Bonchev–Trinajstić information content (AvgIpc) is 2.63. The lowest BCUT2D eigenvalue weighted by atomic mass is 10.1. The smallest absolute Gasteiger partial charge is 0.300 e. The molecule has 0 aliphatic rings. The third-order valence-electron chi connectivity index (χ3n) is 3.73. The number of nitrogens with one attached hydrogen (secondary N) is 1. The number of hydrogen-bond acceptors (Lipinski definition) is 9. The van der Waals surface area contributed by atoms with Crippen molar-refractivity contribution in [2.75, 3.05) is 37.4 Å². The van der Waals surface area contributed by atoms with Crippen molar-refractivity contribution in [3.05, 3.63) is 37.9 Å². The number of carbonyl (C=O) groups is 1. The second-order valence-corrected chi connectivity index (χ2v) is 7.79. The quantitative estimate of drug-likeness (QED) is 0.295. The molecule has 0 spiro atoms. The van der Waals surface area contributed by atoms with Gasteiger partial charge < -0.3 is 10.2 Å². The van der Waals surface area contributed by atoms with Gasteiger partial charge in [-0.25, -0.2) is 0 Å². The van der Waals surface area contributed by atoms with Gasteiger partial charge in [-0.05, 0) is 12.8 Å². The summed E-state index contributed by atoms with van der Waals surface area (Å²) in [4.78, 5) is 35.2. The minimum absolute atomic E-state index is 0.0758. The Labute approximate surface area is 168 Å². The van der Waals surface area contributed by atoms with Crippen LogP contribution in [0, 0.1) is 20.2 Å². The zero-order valence-corrected chi connectivity index (χ0v) is 17.2. The first kappa shape index (κ1) is 24.2. The third-order valence-corrected chi connectivity index (χ3v) is 4.33. The second kappa shape index (κ2) is 10.7. The van der Waals surface area contributed by atoms with E-state index in [1.54, 1.807) is 6.92 Å². The van der Waals surface area contributed by atoms with Crippen LogP contribution in [0.1, 0.15) is 37.0 Å². The highest BCUT2D eigenvalue weighted by molar-refractivity contribution is 7.85. The Morgan fingerprint density at radius 1 is 1.14 bits per heavy atom. The molecule has 13 heteroatoms. The molecule has 0 radical (unpaired) electrons. The van der Waals surface area contributed by atoms with Crippen LogP contribution in [0.25, 0.3) is 0 Å². The lowest BCUT2D eigenvalue weighted by molar-refractivity contribution is -0.393. The van der Waals surface area contributed by atoms with Gasteiger partial charge in [-0.1, -0.05) is 13.8 Å². The van der Waals surface area contributed by atoms with Crippen LogP contribution < -0.4 is 10.2 Å². The number of carbonyl (C=O) groups excluding carboxylic acids is 1. The molecule has 1 N–H and O–H groups in total. The van der Waals surface area contributed by atoms with Crippen LogP contribution >= 0.6 is 0 Å². The van der Waals surface area contributed by atoms with Crippen molar-refractivity contribution in [2.24, 2.45) is 0 Å². The molecule has 162 valence electrons. The van der Waals surface area contributed by atoms with E-state index in [-0.39, 0.29) is 37.5 Å². The van der Waals surface area contributed by atoms with Crippen LogP contribution in [0.4, 0.5) is 17.1 Å². The molecular weight excluding hydrogens is 408 g/mol. The fourth-order valence-corrected chi connectivity index (χ4v) is 2.97. The molecule has 0 unspecified atom stereocenters. The molecule has 0 atom stereocenters. The fraction of sp³-hybridized carbons (Fsp3) is 0.562. The average molecular weight is 432 g/mol. The van der Waals surface area contributed by atoms with E-state index in [1.807, 2.05) is 6.92 Å². The molecule has 0 fully saturated rings. The first-order valence-electron chi connectivity index (χ1n) is 8.86. The summed E-state index contributed by atoms with van der Waals surface area (Å²) < 4.78 is 27.1. The summed E-state index contributed by atoms with van der Waals surface area (Å²) >= 11 is 0. The van der Waals surface area contributed by atoms with Crippen molar-refractivity contribution in [3.63, 3.8) is 0 Å². The monoisotopic (exact) mass is 432 g/mol. The molecule has 1 amide bonds. The highest BCUT2D eigenvalue weighted by atomic mass is 32.2. The van der Waals surface area contributed by atoms with Crippen molar-refractivity contribution in [1.82, 2.24) is 5.32 Å². The van der Waals surface area contributed by atoms with Crippen molar-refractivity contribution in [2.45, 2.75) is 26.7 Å². The molecule has 0 heterocycles. The van der Waals surface area contributed by atoms with E-state index < -0.39 is 37.2 Å². The molecule has 0 saturated heterocycles. The maximum atomic E-state index is 12.6. The summed E-state index contributed by atoms with van der Waals surface area (Å²) in [7, 11) is -3.73. The van der Waals surface area contributed by atoms with Crippen molar-refractivity contribution < 1.29 is 27.2 Å². The van der Waals surface area contributed by atoms with Crippen LogP contribution in [0.2, 0.25) is 0 Å². The van der Waals surface area contributed by atoms with Crippen LogP contribution in [-0.4, -0.2) is 56.7 Å². The number of amides is 1. The predicted molar refractivity (Wildman–Crippen MR) is 106 cm³/mol. The number of anilines is 1. The van der Waals surface area contributed by atoms with Crippen LogP contribution in [0.15, 0.2) is 12.1 Å². The topological polar surface area (TPSA) is 162 Å². The van der Waals surface area contributed by atoms with E-state index in [2.05, 4.69) is 5.32 Å². The van der Waals surface area contributed by atoms with Gasteiger partial charge in [-0.3, -0.25) is 29.2 Å². The molecule has 12 nitrogen and oxygen atoms in total. The number of nitro groups is 2. The molecule has 29 heavy (non-hydrogen) atoms. The van der Waals surface area contributed by atoms with Gasteiger partial charge in [-0.15, -0.1) is 0 Å². The Morgan fingerprint density at radius 2 is 1.79 bits per heavy atom. The SMILES string of the molecule is CCCNC(=O)c1cc([N+](=O)[O-])cc([N+](=O)[O-])c1N(CCC)CCOS(C)(=O)=O. The van der Waals surface area contributed by atoms with E-state index in [0.29, 0.717) is 12.8 Å². The standard InChI is InChI=1S/C16H24N4O8S/c1-4-6-17-16(21)13-10-12(19(22)23)11-14(20(24)25)15(13)18(7-5-2)8-9-28-29(3,26)27/h10-11H,4-9H2,1-3H3,(H,17,21). The summed E-state index contributed by atoms with van der Waals surface area (Å²) in [6.45, 7) is 3.73. The summed E-state index contributed by atoms with van der Waals surface area (Å²) in [5.74, 6) is -0.696. The fourth-order valence-electron chi connectivity index (χ4n) is 2.59. The van der Waals surface area contributed by atoms with Crippen molar-refractivity contribution in [1.29, 1.82) is 0 Å². The Bertz CT molecular complexity index is 872. The van der Waals surface area contributed by atoms with E-state index in [4.69, 9.17) is 4.18 Å². The molecule has 1 aromatic carbocycles. The number of non-ortho nitro benzene ring substituents is 1. The summed E-state index contributed by atoms with van der Waals surface area (Å²) in [5, 5.41) is 25.4. The van der Waals surface area contributed by atoms with Gasteiger partial charge in [0.25, 0.3) is 27.4 Å². The van der Waals surface area contributed by atoms with Gasteiger partial charge in [0.2, 0.25) is 0 Å². The maximum absolute atomic E-state index is 12.6. The van der Waals surface area contributed by atoms with Gasteiger partial charge in [-0.2, -0.15) is 8.42 Å². The third kappa shape index (κ3) is 7.27. The van der Waals surface area contributed by atoms with Crippen molar-refractivity contribution >= 4 is 33.1 Å². The molecule has 0 saturated carbocycles. The largest absolute Gasteiger partial charge is 0.363 e. The molecule has 0 aromatic heterocycles. The Balaban J connectivity index is 3.55. The predicted octanol–water partition coefficient (Wildman–Crippen LogP) is 1.84. The minimum atomic E-state index is -3.73. The van der Waals surface area contributed by atoms with Gasteiger partial charge in [0.1, 0.15) is 5.69 Å². The summed E-state index contributed by atoms with van der Waals surface area (Å²) in [6.07, 6.45) is 1.98. The van der Waals surface area contributed by atoms with E-state index >= 15 is 0 Å². The van der Waals surface area contributed by atoms with Crippen LogP contribution in [0.3, 0.4) is 0 Å². The van der Waals surface area contributed by atoms with Crippen LogP contribution in [0.5, 0.6) is 0 Å². The minimum Gasteiger partial charge on any atom is -0.363 e. The number of nitrogens with zero attached hydrogens (tertiary/aromatic N) is 3. The molecule has 1 aromatic rings. The zero-order valence-electron chi connectivity index (χ0n) is 16.4. The van der Waals surface area contributed by atoms with Gasteiger partial charge in [0, 0.05) is 25.7 Å². The molecule has 0 aliphatic heterocycles. The van der Waals surface area contributed by atoms with Gasteiger partial charge >= 0.3 is 0 Å². The molecule has 0 aliphatic carbocycles. The Morgan fingerprint density at radius 3 is 2.28 bits per heavy atom. The summed E-state index contributed by atoms with van der Waals surface area (Å²) in [6, 6.07) is 1.76. The van der Waals surface area contributed by atoms with E-state index in [0.717, 1.165) is 18.4 Å². The second-order valence-electron chi connectivity index (χ2n) is 6.14. The lowest BCUT2D eigenvalue weighted by Gasteiger charge is -2.25. The number of rotatable bonds is 12. The first-order chi connectivity index (χ1) is 13.5. The van der Waals surface area contributed by atoms with Crippen LogP contribution in [-0.2, 0) is 14.3 Å². The number of hydrogen-bond donors (Lipinski definition) is 1. The molecule has 0 bridgehead atoms. The summed E-state index contributed by atoms with van der Waals surface area (Å²) in [5.41, 5.74) is -1.56. The van der Waals surface area contributed by atoms with E-state index in [9.17, 15) is 33.4 Å². The zero-order chi connectivity index (χ0) is 22.2. The molecule has 1 rings (SSSR count). The normalized spacial score (nSPS) is 11.1. The van der Waals surface area contributed by atoms with Gasteiger partial charge in [0.05, 0.1) is 34.3 Å². The number of benzene rings is 1. The maximum Gasteiger partial charge on any atom is 0.300 e. The number of nitro benzene ring substituents is 2.